The first kappa shape index (κ1) is 21.8. The van der Waals surface area contributed by atoms with Crippen LogP contribution in [-0.4, -0.2) is 27.0 Å². The highest BCUT2D eigenvalue weighted by Gasteiger charge is 2.32. The molecule has 11 heteroatoms. The van der Waals surface area contributed by atoms with E-state index in [0.29, 0.717) is 34.3 Å². The van der Waals surface area contributed by atoms with E-state index in [2.05, 4.69) is 25.3 Å². The molecule has 1 aromatic carbocycles. The summed E-state index contributed by atoms with van der Waals surface area (Å²) in [5.41, 5.74) is 6.66. The molecule has 0 aliphatic carbocycles. The molecule has 0 saturated heterocycles. The number of ether oxygens (including phenoxy) is 2. The molecule has 4 aromatic rings. The Bertz CT molecular complexity index is 1270. The fourth-order valence-corrected chi connectivity index (χ4v) is 2.94. The molecule has 8 nitrogen and oxygen atoms in total. The number of benzene rings is 1. The monoisotopic (exact) mass is 454 g/mol. The molecular weight excluding hydrogens is 437 g/mol. The highest BCUT2D eigenvalue weighted by atomic mass is 19.4. The number of halogens is 3. The highest BCUT2D eigenvalue weighted by molar-refractivity contribution is 5.71. The number of nitrogens with two attached hydrogens (primary N) is 1. The lowest BCUT2D eigenvalue weighted by atomic mass is 10.2. The van der Waals surface area contributed by atoms with Gasteiger partial charge in [-0.05, 0) is 36.4 Å². The molecule has 0 fully saturated rings. The van der Waals surface area contributed by atoms with E-state index in [1.807, 2.05) is 0 Å². The maximum atomic E-state index is 12.8. The Hall–Kier alpha value is -4.41. The molecule has 168 valence electrons. The van der Waals surface area contributed by atoms with Gasteiger partial charge in [-0.25, -0.2) is 4.98 Å². The summed E-state index contributed by atoms with van der Waals surface area (Å²) in [6, 6.07) is 12.2. The van der Waals surface area contributed by atoms with Gasteiger partial charge in [0.15, 0.2) is 0 Å². The Morgan fingerprint density at radius 1 is 0.939 bits per heavy atom. The summed E-state index contributed by atoms with van der Waals surface area (Å²) in [5.74, 6) is 1.44. The van der Waals surface area contributed by atoms with Gasteiger partial charge in [0.05, 0.1) is 18.4 Å². The Labute approximate surface area is 186 Å². The van der Waals surface area contributed by atoms with Crippen LogP contribution in [0.3, 0.4) is 0 Å². The number of aromatic nitrogens is 4. The Morgan fingerprint density at radius 2 is 1.73 bits per heavy atom. The number of nitrogens with one attached hydrogen (secondary N) is 1. The van der Waals surface area contributed by atoms with Crippen molar-refractivity contribution < 1.29 is 22.6 Å². The quantitative estimate of drug-likeness (QED) is 0.415. The summed E-state index contributed by atoms with van der Waals surface area (Å²) < 4.78 is 49.3. The van der Waals surface area contributed by atoms with Gasteiger partial charge in [0.2, 0.25) is 5.95 Å². The van der Waals surface area contributed by atoms with Crippen LogP contribution >= 0.6 is 0 Å². The molecule has 4 rings (SSSR count). The highest BCUT2D eigenvalue weighted by Crippen LogP contribution is 2.32. The van der Waals surface area contributed by atoms with Crippen molar-refractivity contribution in [2.24, 2.45) is 0 Å². The van der Waals surface area contributed by atoms with Crippen LogP contribution in [0.4, 0.5) is 30.6 Å². The van der Waals surface area contributed by atoms with Crippen molar-refractivity contribution in [2.75, 3.05) is 18.2 Å². The third kappa shape index (κ3) is 5.26. The molecule has 0 bridgehead atoms. The van der Waals surface area contributed by atoms with Crippen molar-refractivity contribution in [1.82, 2.24) is 19.9 Å². The van der Waals surface area contributed by atoms with Crippen molar-refractivity contribution in [3.05, 3.63) is 72.8 Å². The predicted molar refractivity (Wildman–Crippen MR) is 115 cm³/mol. The van der Waals surface area contributed by atoms with Crippen molar-refractivity contribution in [3.63, 3.8) is 0 Å². The van der Waals surface area contributed by atoms with Crippen LogP contribution in [0, 0.1) is 0 Å². The molecule has 0 amide bonds. The van der Waals surface area contributed by atoms with Gasteiger partial charge in [-0.15, -0.1) is 0 Å². The minimum Gasteiger partial charge on any atom is -0.496 e. The fraction of sp³-hybridized carbons (Fsp3) is 0.0909. The predicted octanol–water partition coefficient (Wildman–Crippen LogP) is 5.08. The average molecular weight is 454 g/mol. The number of rotatable bonds is 6. The molecule has 3 aromatic heterocycles. The normalized spacial score (nSPS) is 11.2. The number of alkyl halides is 3. The zero-order valence-corrected chi connectivity index (χ0v) is 17.2. The van der Waals surface area contributed by atoms with Crippen molar-refractivity contribution in [1.29, 1.82) is 0 Å². The van der Waals surface area contributed by atoms with Gasteiger partial charge in [-0.3, -0.25) is 9.97 Å². The van der Waals surface area contributed by atoms with Gasteiger partial charge in [0, 0.05) is 36.4 Å². The fourth-order valence-electron chi connectivity index (χ4n) is 2.94. The summed E-state index contributed by atoms with van der Waals surface area (Å²) in [6.07, 6.45) is -0.293. The van der Waals surface area contributed by atoms with Crippen molar-refractivity contribution in [2.45, 2.75) is 6.18 Å². The lowest BCUT2D eigenvalue weighted by Gasteiger charge is -2.12. The first-order valence-electron chi connectivity index (χ1n) is 9.53. The number of hydrogen-bond acceptors (Lipinski definition) is 8. The first-order chi connectivity index (χ1) is 15.8. The summed E-state index contributed by atoms with van der Waals surface area (Å²) in [7, 11) is 1.54. The number of nitrogens with zero attached hydrogens (tertiary/aromatic N) is 4. The molecule has 3 heterocycles. The number of hydrogen-bond donors (Lipinski definition) is 2. The third-order valence-corrected chi connectivity index (χ3v) is 4.40. The zero-order valence-electron chi connectivity index (χ0n) is 17.2. The second-order valence-electron chi connectivity index (χ2n) is 6.70. The van der Waals surface area contributed by atoms with Gasteiger partial charge in [0.25, 0.3) is 0 Å². The maximum absolute atomic E-state index is 12.8. The molecule has 0 aliphatic rings. The summed E-state index contributed by atoms with van der Waals surface area (Å²) >= 11 is 0. The van der Waals surface area contributed by atoms with Gasteiger partial charge < -0.3 is 20.5 Å². The molecule has 33 heavy (non-hydrogen) atoms. The van der Waals surface area contributed by atoms with Gasteiger partial charge >= 0.3 is 6.18 Å². The van der Waals surface area contributed by atoms with Crippen LogP contribution in [0.25, 0.3) is 11.3 Å². The van der Waals surface area contributed by atoms with E-state index in [1.54, 1.807) is 55.9 Å². The van der Waals surface area contributed by atoms with Crippen molar-refractivity contribution >= 4 is 17.5 Å². The first-order valence-corrected chi connectivity index (χ1v) is 9.53. The number of nitrogen functional groups attached to an aromatic ring is 1. The minimum atomic E-state index is -4.55. The van der Waals surface area contributed by atoms with E-state index in [1.165, 1.54) is 6.07 Å². The average Bonchev–Trinajstić information content (AvgIpc) is 2.79. The van der Waals surface area contributed by atoms with Crippen LogP contribution in [0.1, 0.15) is 5.69 Å². The maximum Gasteiger partial charge on any atom is 0.433 e. The second kappa shape index (κ2) is 8.99. The van der Waals surface area contributed by atoms with E-state index < -0.39 is 11.9 Å². The number of anilines is 3. The zero-order chi connectivity index (χ0) is 23.4. The Balaban J connectivity index is 1.51. The minimum absolute atomic E-state index is 0.0247. The summed E-state index contributed by atoms with van der Waals surface area (Å²) in [6.45, 7) is 0. The second-order valence-corrected chi connectivity index (χ2v) is 6.70. The summed E-state index contributed by atoms with van der Waals surface area (Å²) in [5, 5.41) is 3.11. The molecule has 3 N–H and O–H groups in total. The lowest BCUT2D eigenvalue weighted by molar-refractivity contribution is -0.141. The number of pyridine rings is 2. The Morgan fingerprint density at radius 3 is 2.45 bits per heavy atom. The van der Waals surface area contributed by atoms with Gasteiger partial charge in [0.1, 0.15) is 28.8 Å². The molecule has 0 atom stereocenters. The Kier molecular flexibility index (Phi) is 5.94. The van der Waals surface area contributed by atoms with E-state index >= 15 is 0 Å². The van der Waals surface area contributed by atoms with E-state index in [4.69, 9.17) is 15.2 Å². The number of methoxy groups -OCH3 is 1. The smallest absolute Gasteiger partial charge is 0.433 e. The SMILES string of the molecule is COc1ccncc1-c1cc(Nc2ccc(Oc3ccnc(C(F)(F)F)c3)cc2)nc(N)n1. The third-order valence-electron chi connectivity index (χ3n) is 4.40. The topological polar surface area (TPSA) is 108 Å². The summed E-state index contributed by atoms with van der Waals surface area (Å²) in [4.78, 5) is 15.8. The van der Waals surface area contributed by atoms with Crippen molar-refractivity contribution in [3.8, 4) is 28.5 Å². The molecule has 0 unspecified atom stereocenters. The van der Waals surface area contributed by atoms with Gasteiger partial charge in [-0.1, -0.05) is 0 Å². The molecule has 0 aliphatic heterocycles. The lowest BCUT2D eigenvalue weighted by Crippen LogP contribution is -2.07. The van der Waals surface area contributed by atoms with Crippen LogP contribution in [0.5, 0.6) is 17.2 Å². The van der Waals surface area contributed by atoms with Crippen LogP contribution in [0.15, 0.2) is 67.1 Å². The standard InChI is InChI=1S/C22H17F3N6O2/c1-32-18-7-8-27-12-16(18)17-11-20(31-21(26)30-17)29-13-2-4-14(5-3-13)33-15-6-9-28-19(10-15)22(23,24)25/h2-12H,1H3,(H3,26,29,30,31). The van der Waals surface area contributed by atoms with Gasteiger partial charge in [-0.2, -0.15) is 18.2 Å². The largest absolute Gasteiger partial charge is 0.496 e. The van der Waals surface area contributed by atoms with Crippen LogP contribution in [0.2, 0.25) is 0 Å². The molecular formula is C22H17F3N6O2. The molecule has 0 spiro atoms. The molecule has 0 saturated carbocycles. The van der Waals surface area contributed by atoms with Crippen LogP contribution in [-0.2, 0) is 6.18 Å². The molecule has 0 radical (unpaired) electrons. The van der Waals surface area contributed by atoms with E-state index in [-0.39, 0.29) is 11.7 Å². The van der Waals surface area contributed by atoms with Crippen LogP contribution < -0.4 is 20.5 Å². The van der Waals surface area contributed by atoms with E-state index in [9.17, 15) is 13.2 Å². The van der Waals surface area contributed by atoms with E-state index in [0.717, 1.165) is 12.3 Å².